The van der Waals surface area contributed by atoms with Crippen molar-refractivity contribution in [1.82, 2.24) is 10.2 Å². The Morgan fingerprint density at radius 3 is 2.32 bits per heavy atom. The van der Waals surface area contributed by atoms with Crippen molar-refractivity contribution in [2.45, 2.75) is 51.4 Å². The molecule has 2 amide bonds. The fourth-order valence-electron chi connectivity index (χ4n) is 2.32. The van der Waals surface area contributed by atoms with E-state index >= 15 is 0 Å². The lowest BCUT2D eigenvalue weighted by atomic mass is 9.96. The SMILES string of the molecule is CCC1NC(=O)C(C(C)C)N(CC(C)S(C)=O)C1=O. The van der Waals surface area contributed by atoms with Crippen LogP contribution in [-0.4, -0.2) is 51.1 Å². The van der Waals surface area contributed by atoms with Gasteiger partial charge in [-0.3, -0.25) is 13.8 Å². The molecule has 0 aromatic heterocycles. The molecule has 0 saturated carbocycles. The van der Waals surface area contributed by atoms with Gasteiger partial charge < -0.3 is 10.2 Å². The standard InChI is InChI=1S/C13H24N2O3S/c1-6-10-13(17)15(7-9(4)19(5)18)11(8(2)3)12(16)14-10/h8-11H,6-7H2,1-5H3,(H,14,16). The van der Waals surface area contributed by atoms with Crippen LogP contribution in [0.4, 0.5) is 0 Å². The summed E-state index contributed by atoms with van der Waals surface area (Å²) in [6.07, 6.45) is 2.20. The third-order valence-corrected chi connectivity index (χ3v) is 4.84. The Hall–Kier alpha value is -0.910. The number of carbonyl (C=O) groups is 2. The normalized spacial score (nSPS) is 27.4. The zero-order valence-electron chi connectivity index (χ0n) is 12.3. The molecule has 0 radical (unpaired) electrons. The van der Waals surface area contributed by atoms with E-state index in [9.17, 15) is 13.8 Å². The van der Waals surface area contributed by atoms with Crippen molar-refractivity contribution in [3.05, 3.63) is 0 Å². The van der Waals surface area contributed by atoms with Crippen LogP contribution in [0.2, 0.25) is 0 Å². The van der Waals surface area contributed by atoms with Crippen molar-refractivity contribution in [2.75, 3.05) is 12.8 Å². The van der Waals surface area contributed by atoms with Crippen LogP contribution >= 0.6 is 0 Å². The molecule has 0 aromatic rings. The second kappa shape index (κ2) is 6.50. The van der Waals surface area contributed by atoms with E-state index in [1.54, 1.807) is 11.2 Å². The Bertz CT molecular complexity index is 384. The molecule has 19 heavy (non-hydrogen) atoms. The first-order valence-electron chi connectivity index (χ1n) is 6.72. The smallest absolute Gasteiger partial charge is 0.245 e. The molecule has 1 aliphatic heterocycles. The molecular formula is C13H24N2O3S. The summed E-state index contributed by atoms with van der Waals surface area (Å²) in [6, 6.07) is -0.902. The maximum absolute atomic E-state index is 12.4. The quantitative estimate of drug-likeness (QED) is 0.802. The van der Waals surface area contributed by atoms with Crippen LogP contribution in [0.5, 0.6) is 0 Å². The first kappa shape index (κ1) is 16.1. The van der Waals surface area contributed by atoms with Crippen LogP contribution in [0, 0.1) is 5.92 Å². The highest BCUT2D eigenvalue weighted by Crippen LogP contribution is 2.19. The topological polar surface area (TPSA) is 66.5 Å². The Labute approximate surface area is 117 Å². The number of amides is 2. The highest BCUT2D eigenvalue weighted by Gasteiger charge is 2.41. The first-order valence-corrected chi connectivity index (χ1v) is 8.34. The predicted octanol–water partition coefficient (Wildman–Crippen LogP) is 0.515. The maximum atomic E-state index is 12.4. The van der Waals surface area contributed by atoms with Gasteiger partial charge in [0.1, 0.15) is 12.1 Å². The van der Waals surface area contributed by atoms with Crippen LogP contribution in [0.3, 0.4) is 0 Å². The molecule has 1 saturated heterocycles. The Balaban J connectivity index is 2.99. The molecular weight excluding hydrogens is 264 g/mol. The summed E-state index contributed by atoms with van der Waals surface area (Å²) in [6.45, 7) is 7.93. The molecule has 1 heterocycles. The lowest BCUT2D eigenvalue weighted by Gasteiger charge is -2.41. The monoisotopic (exact) mass is 288 g/mol. The van der Waals surface area contributed by atoms with Gasteiger partial charge in [-0.25, -0.2) is 0 Å². The molecule has 110 valence electrons. The number of hydrogen-bond acceptors (Lipinski definition) is 3. The molecule has 0 spiro atoms. The molecule has 4 atom stereocenters. The van der Waals surface area contributed by atoms with Crippen LogP contribution in [0.15, 0.2) is 0 Å². The number of nitrogens with one attached hydrogen (secondary N) is 1. The molecule has 0 bridgehead atoms. The lowest BCUT2D eigenvalue weighted by Crippen LogP contribution is -2.65. The summed E-state index contributed by atoms with van der Waals surface area (Å²) < 4.78 is 11.5. The highest BCUT2D eigenvalue weighted by molar-refractivity contribution is 7.84. The van der Waals surface area contributed by atoms with Crippen molar-refractivity contribution in [2.24, 2.45) is 5.92 Å². The Morgan fingerprint density at radius 2 is 1.89 bits per heavy atom. The van der Waals surface area contributed by atoms with E-state index in [0.29, 0.717) is 13.0 Å². The average Bonchev–Trinajstić information content (AvgIpc) is 2.32. The molecule has 0 aliphatic carbocycles. The van der Waals surface area contributed by atoms with Gasteiger partial charge in [0.2, 0.25) is 11.8 Å². The van der Waals surface area contributed by atoms with Crippen LogP contribution < -0.4 is 5.32 Å². The number of carbonyl (C=O) groups excluding carboxylic acids is 2. The minimum Gasteiger partial charge on any atom is -0.343 e. The second-order valence-corrected chi connectivity index (χ2v) is 7.26. The van der Waals surface area contributed by atoms with E-state index in [1.807, 2.05) is 27.7 Å². The van der Waals surface area contributed by atoms with Gasteiger partial charge in [0.05, 0.1) is 0 Å². The molecule has 1 rings (SSSR count). The van der Waals surface area contributed by atoms with Gasteiger partial charge in [0.15, 0.2) is 0 Å². The molecule has 0 aromatic carbocycles. The Morgan fingerprint density at radius 1 is 1.32 bits per heavy atom. The van der Waals surface area contributed by atoms with Gasteiger partial charge >= 0.3 is 0 Å². The molecule has 1 N–H and O–H groups in total. The third kappa shape index (κ3) is 3.55. The van der Waals surface area contributed by atoms with E-state index in [-0.39, 0.29) is 23.0 Å². The molecule has 5 nitrogen and oxygen atoms in total. The van der Waals surface area contributed by atoms with Crippen molar-refractivity contribution in [1.29, 1.82) is 0 Å². The summed E-state index contributed by atoms with van der Waals surface area (Å²) >= 11 is 0. The summed E-state index contributed by atoms with van der Waals surface area (Å²) in [5.74, 6) is -0.118. The zero-order chi connectivity index (χ0) is 14.7. The first-order chi connectivity index (χ1) is 8.79. The zero-order valence-corrected chi connectivity index (χ0v) is 13.1. The molecule has 1 aliphatic rings. The molecule has 4 unspecified atom stereocenters. The highest BCUT2D eigenvalue weighted by atomic mass is 32.2. The lowest BCUT2D eigenvalue weighted by molar-refractivity contribution is -0.151. The van der Waals surface area contributed by atoms with Crippen molar-refractivity contribution < 1.29 is 13.8 Å². The number of piperazine rings is 1. The second-order valence-electron chi connectivity index (χ2n) is 5.46. The van der Waals surface area contributed by atoms with Gasteiger partial charge in [-0.1, -0.05) is 20.8 Å². The van der Waals surface area contributed by atoms with Gasteiger partial charge in [0, 0.05) is 28.9 Å². The largest absolute Gasteiger partial charge is 0.343 e. The van der Waals surface area contributed by atoms with Crippen molar-refractivity contribution in [3.63, 3.8) is 0 Å². The van der Waals surface area contributed by atoms with E-state index in [2.05, 4.69) is 5.32 Å². The summed E-state index contributed by atoms with van der Waals surface area (Å²) in [5.41, 5.74) is 0. The van der Waals surface area contributed by atoms with E-state index in [4.69, 9.17) is 0 Å². The van der Waals surface area contributed by atoms with E-state index in [1.165, 1.54) is 0 Å². The number of hydrogen-bond donors (Lipinski definition) is 1. The van der Waals surface area contributed by atoms with E-state index < -0.39 is 22.9 Å². The minimum atomic E-state index is -1.01. The average molecular weight is 288 g/mol. The third-order valence-electron chi connectivity index (χ3n) is 3.56. The minimum absolute atomic E-state index is 0.0410. The number of nitrogens with zero attached hydrogens (tertiary/aromatic N) is 1. The van der Waals surface area contributed by atoms with Crippen LogP contribution in [0.25, 0.3) is 0 Å². The predicted molar refractivity (Wildman–Crippen MR) is 76.1 cm³/mol. The van der Waals surface area contributed by atoms with Crippen LogP contribution in [0.1, 0.15) is 34.1 Å². The fraction of sp³-hybridized carbons (Fsp3) is 0.846. The maximum Gasteiger partial charge on any atom is 0.245 e. The van der Waals surface area contributed by atoms with Gasteiger partial charge in [0.25, 0.3) is 0 Å². The van der Waals surface area contributed by atoms with Crippen molar-refractivity contribution >= 4 is 22.6 Å². The summed E-state index contributed by atoms with van der Waals surface area (Å²) in [7, 11) is -1.01. The van der Waals surface area contributed by atoms with Gasteiger partial charge in [-0.2, -0.15) is 0 Å². The molecule has 6 heteroatoms. The van der Waals surface area contributed by atoms with E-state index in [0.717, 1.165) is 0 Å². The molecule has 1 fully saturated rings. The van der Waals surface area contributed by atoms with Crippen molar-refractivity contribution in [3.8, 4) is 0 Å². The Kier molecular flexibility index (Phi) is 5.52. The van der Waals surface area contributed by atoms with Crippen LogP contribution in [-0.2, 0) is 20.4 Å². The van der Waals surface area contributed by atoms with Gasteiger partial charge in [-0.05, 0) is 19.3 Å². The summed E-state index contributed by atoms with van der Waals surface area (Å²) in [4.78, 5) is 26.1. The van der Waals surface area contributed by atoms with Gasteiger partial charge in [-0.15, -0.1) is 0 Å². The fourth-order valence-corrected chi connectivity index (χ4v) is 2.69. The summed E-state index contributed by atoms with van der Waals surface area (Å²) in [5, 5.41) is 2.64. The number of rotatable bonds is 5.